The van der Waals surface area contributed by atoms with Gasteiger partial charge in [0.1, 0.15) is 0 Å². The van der Waals surface area contributed by atoms with E-state index in [1.165, 1.54) is 6.42 Å². The summed E-state index contributed by atoms with van der Waals surface area (Å²) in [5, 5.41) is 3.44. The lowest BCUT2D eigenvalue weighted by molar-refractivity contribution is 0.104. The van der Waals surface area contributed by atoms with Crippen LogP contribution in [0.4, 0.5) is 0 Å². The van der Waals surface area contributed by atoms with E-state index in [1.807, 2.05) is 0 Å². The minimum Gasteiger partial charge on any atom is -0.384 e. The van der Waals surface area contributed by atoms with Crippen molar-refractivity contribution in [2.45, 2.75) is 20.3 Å². The number of ether oxygens (including phenoxy) is 2. The molecule has 0 heterocycles. The van der Waals surface area contributed by atoms with Gasteiger partial charge in [-0.1, -0.05) is 13.8 Å². The minimum absolute atomic E-state index is 0.439. The number of hydrogen-bond donors (Lipinski definition) is 1. The van der Waals surface area contributed by atoms with Crippen LogP contribution in [0.3, 0.4) is 0 Å². The van der Waals surface area contributed by atoms with Gasteiger partial charge in [0.2, 0.25) is 0 Å². The summed E-state index contributed by atoms with van der Waals surface area (Å²) in [5.74, 6) is 1.50. The topological polar surface area (TPSA) is 30.5 Å². The summed E-state index contributed by atoms with van der Waals surface area (Å²) in [4.78, 5) is 0. The summed E-state index contributed by atoms with van der Waals surface area (Å²) < 4.78 is 10.3. The third kappa shape index (κ3) is 3.16. The van der Waals surface area contributed by atoms with Crippen molar-refractivity contribution >= 4 is 0 Å². The van der Waals surface area contributed by atoms with Crippen LogP contribution in [0.15, 0.2) is 0 Å². The van der Waals surface area contributed by atoms with Crippen molar-refractivity contribution in [3.05, 3.63) is 0 Å². The first-order valence-corrected chi connectivity index (χ1v) is 5.86. The fourth-order valence-electron chi connectivity index (χ4n) is 2.45. The van der Waals surface area contributed by atoms with Gasteiger partial charge in [0.25, 0.3) is 0 Å². The fourth-order valence-corrected chi connectivity index (χ4v) is 2.45. The van der Waals surface area contributed by atoms with E-state index < -0.39 is 0 Å². The third-order valence-corrected chi connectivity index (χ3v) is 3.72. The first-order chi connectivity index (χ1) is 7.17. The average Bonchev–Trinajstić information content (AvgIpc) is 2.89. The highest BCUT2D eigenvalue weighted by atomic mass is 16.5. The van der Waals surface area contributed by atoms with Gasteiger partial charge in [0.05, 0.1) is 13.2 Å². The molecule has 1 N–H and O–H groups in total. The minimum atomic E-state index is 0.439. The molecule has 1 saturated carbocycles. The summed E-state index contributed by atoms with van der Waals surface area (Å²) in [5.41, 5.74) is 0.439. The number of hydrogen-bond acceptors (Lipinski definition) is 3. The Morgan fingerprint density at radius 3 is 2.60 bits per heavy atom. The largest absolute Gasteiger partial charge is 0.384 e. The molecule has 0 spiro atoms. The molecule has 2 atom stereocenters. The molecule has 0 aromatic carbocycles. The summed E-state index contributed by atoms with van der Waals surface area (Å²) >= 11 is 0. The van der Waals surface area contributed by atoms with E-state index in [1.54, 1.807) is 14.2 Å². The predicted octanol–water partition coefficient (Wildman–Crippen LogP) is 1.53. The first-order valence-electron chi connectivity index (χ1n) is 5.86. The molecule has 0 aliphatic heterocycles. The van der Waals surface area contributed by atoms with Gasteiger partial charge in [-0.3, -0.25) is 0 Å². The Morgan fingerprint density at radius 1 is 1.33 bits per heavy atom. The summed E-state index contributed by atoms with van der Waals surface area (Å²) in [7, 11) is 3.54. The molecule has 1 fully saturated rings. The van der Waals surface area contributed by atoms with Crippen LogP contribution in [-0.2, 0) is 9.47 Å². The molecule has 2 unspecified atom stereocenters. The van der Waals surface area contributed by atoms with Gasteiger partial charge in [0.15, 0.2) is 0 Å². The molecule has 1 rings (SSSR count). The van der Waals surface area contributed by atoms with Crippen LogP contribution in [0.2, 0.25) is 0 Å². The van der Waals surface area contributed by atoms with Crippen LogP contribution in [-0.4, -0.2) is 40.5 Å². The van der Waals surface area contributed by atoms with E-state index in [-0.39, 0.29) is 0 Å². The van der Waals surface area contributed by atoms with E-state index >= 15 is 0 Å². The monoisotopic (exact) mass is 215 g/mol. The molecule has 0 amide bonds. The first kappa shape index (κ1) is 12.9. The van der Waals surface area contributed by atoms with Gasteiger partial charge >= 0.3 is 0 Å². The molecule has 90 valence electrons. The van der Waals surface area contributed by atoms with E-state index in [0.29, 0.717) is 11.3 Å². The lowest BCUT2D eigenvalue weighted by Gasteiger charge is -2.21. The molecule has 3 heteroatoms. The van der Waals surface area contributed by atoms with Gasteiger partial charge in [-0.25, -0.2) is 0 Å². The zero-order chi connectivity index (χ0) is 11.3. The molecular formula is C12H25NO2. The van der Waals surface area contributed by atoms with Crippen LogP contribution < -0.4 is 5.32 Å². The van der Waals surface area contributed by atoms with Crippen molar-refractivity contribution < 1.29 is 9.47 Å². The van der Waals surface area contributed by atoms with Gasteiger partial charge in [-0.15, -0.1) is 0 Å². The van der Waals surface area contributed by atoms with Crippen LogP contribution in [0.25, 0.3) is 0 Å². The highest BCUT2D eigenvalue weighted by molar-refractivity contribution is 5.04. The second-order valence-electron chi connectivity index (χ2n) is 4.92. The molecule has 1 aliphatic carbocycles. The number of methoxy groups -OCH3 is 2. The Kier molecular flexibility index (Phi) is 5.03. The Labute approximate surface area is 93.5 Å². The Balaban J connectivity index is 2.22. The van der Waals surface area contributed by atoms with Crippen molar-refractivity contribution in [1.29, 1.82) is 0 Å². The second kappa shape index (κ2) is 5.83. The van der Waals surface area contributed by atoms with Gasteiger partial charge in [-0.05, 0) is 24.8 Å². The summed E-state index contributed by atoms with van der Waals surface area (Å²) in [6, 6.07) is 0. The molecule has 0 saturated heterocycles. The standard InChI is InChI=1S/C12H25NO2/c1-10(2)12(9-15-4)7-11(12)8-13-5-6-14-3/h10-11,13H,5-9H2,1-4H3. The Hall–Kier alpha value is -0.120. The van der Waals surface area contributed by atoms with Crippen LogP contribution in [0, 0.1) is 17.3 Å². The maximum absolute atomic E-state index is 5.34. The predicted molar refractivity (Wildman–Crippen MR) is 62.0 cm³/mol. The molecule has 0 aromatic heterocycles. The fraction of sp³-hybridized carbons (Fsp3) is 1.00. The van der Waals surface area contributed by atoms with Gasteiger partial charge in [0, 0.05) is 26.2 Å². The molecule has 0 aromatic rings. The van der Waals surface area contributed by atoms with Crippen molar-refractivity contribution in [3.63, 3.8) is 0 Å². The summed E-state index contributed by atoms with van der Waals surface area (Å²) in [6.07, 6.45) is 1.30. The third-order valence-electron chi connectivity index (χ3n) is 3.72. The normalized spacial score (nSPS) is 29.8. The van der Waals surface area contributed by atoms with Crippen LogP contribution in [0.5, 0.6) is 0 Å². The van der Waals surface area contributed by atoms with E-state index in [2.05, 4.69) is 19.2 Å². The van der Waals surface area contributed by atoms with Crippen molar-refractivity contribution in [2.75, 3.05) is 40.5 Å². The number of nitrogens with one attached hydrogen (secondary N) is 1. The van der Waals surface area contributed by atoms with E-state index in [9.17, 15) is 0 Å². The van der Waals surface area contributed by atoms with Gasteiger partial charge < -0.3 is 14.8 Å². The molecule has 3 nitrogen and oxygen atoms in total. The van der Waals surface area contributed by atoms with E-state index in [0.717, 1.165) is 32.2 Å². The van der Waals surface area contributed by atoms with Crippen molar-refractivity contribution in [1.82, 2.24) is 5.32 Å². The van der Waals surface area contributed by atoms with E-state index in [4.69, 9.17) is 9.47 Å². The zero-order valence-electron chi connectivity index (χ0n) is 10.5. The Morgan fingerprint density at radius 2 is 2.07 bits per heavy atom. The molecule has 0 bridgehead atoms. The maximum atomic E-state index is 5.34. The zero-order valence-corrected chi connectivity index (χ0v) is 10.5. The SMILES string of the molecule is COCCNCC1CC1(COC)C(C)C. The number of rotatable bonds is 8. The second-order valence-corrected chi connectivity index (χ2v) is 4.92. The lowest BCUT2D eigenvalue weighted by atomic mass is 9.90. The highest BCUT2D eigenvalue weighted by Crippen LogP contribution is 2.57. The molecule has 1 aliphatic rings. The van der Waals surface area contributed by atoms with Crippen LogP contribution in [0.1, 0.15) is 20.3 Å². The molecule has 15 heavy (non-hydrogen) atoms. The Bertz CT molecular complexity index is 184. The average molecular weight is 215 g/mol. The highest BCUT2D eigenvalue weighted by Gasteiger charge is 2.55. The van der Waals surface area contributed by atoms with Crippen molar-refractivity contribution in [3.8, 4) is 0 Å². The smallest absolute Gasteiger partial charge is 0.0587 e. The van der Waals surface area contributed by atoms with Crippen LogP contribution >= 0.6 is 0 Å². The molecule has 0 radical (unpaired) electrons. The lowest BCUT2D eigenvalue weighted by Crippen LogP contribution is -2.27. The molecular weight excluding hydrogens is 190 g/mol. The maximum Gasteiger partial charge on any atom is 0.0587 e. The van der Waals surface area contributed by atoms with Gasteiger partial charge in [-0.2, -0.15) is 0 Å². The summed E-state index contributed by atoms with van der Waals surface area (Å²) in [6.45, 7) is 8.36. The van der Waals surface area contributed by atoms with Crippen molar-refractivity contribution in [2.24, 2.45) is 17.3 Å². The quantitative estimate of drug-likeness (QED) is 0.623.